The normalized spacial score (nSPS) is 24.4. The number of carbonyl (C=O) groups is 1. The highest BCUT2D eigenvalue weighted by molar-refractivity contribution is 7.88. The third-order valence-corrected chi connectivity index (χ3v) is 5.16. The highest BCUT2D eigenvalue weighted by Crippen LogP contribution is 2.35. The summed E-state index contributed by atoms with van der Waals surface area (Å²) in [5.74, 6) is -2.04. The molecule has 164 valence electrons. The quantitative estimate of drug-likeness (QED) is 0.649. The van der Waals surface area contributed by atoms with E-state index in [1.165, 1.54) is 12.4 Å². The number of anilines is 1. The van der Waals surface area contributed by atoms with E-state index in [1.54, 1.807) is 0 Å². The molecule has 0 saturated carbocycles. The van der Waals surface area contributed by atoms with Crippen LogP contribution < -0.4 is 9.62 Å². The standard InChI is InChI=1S/C13H19FN4O3S.C2HF3O2/c1-22(19,20)17-6-12-11-2-3-18(7-9(11)8-21-12)13-15-4-10(14)5-16-13;3-2(4,5)1(6)7/h4-5,9,11-12,17H,2-3,6-8H2,1H3;(H,6,7)/t9-,11-,12-;/m1./s1. The highest BCUT2D eigenvalue weighted by atomic mass is 32.2. The number of hydrogen-bond donors (Lipinski definition) is 2. The largest absolute Gasteiger partial charge is 0.490 e. The van der Waals surface area contributed by atoms with Crippen LogP contribution in [0.2, 0.25) is 0 Å². The lowest BCUT2D eigenvalue weighted by molar-refractivity contribution is -0.192. The zero-order valence-corrected chi connectivity index (χ0v) is 16.1. The van der Waals surface area contributed by atoms with Crippen LogP contribution in [0.25, 0.3) is 0 Å². The molecule has 2 N–H and O–H groups in total. The predicted molar refractivity (Wildman–Crippen MR) is 92.1 cm³/mol. The third-order valence-electron chi connectivity index (χ3n) is 4.47. The first-order valence-electron chi connectivity index (χ1n) is 8.45. The number of carboxylic acid groups (broad SMARTS) is 1. The second-order valence-electron chi connectivity index (χ2n) is 6.66. The van der Waals surface area contributed by atoms with Gasteiger partial charge in [0.25, 0.3) is 0 Å². The number of fused-ring (bicyclic) bond motifs is 1. The second kappa shape index (κ2) is 9.17. The molecular weight excluding hydrogens is 424 g/mol. The van der Waals surface area contributed by atoms with Crippen LogP contribution in [0.1, 0.15) is 6.42 Å². The molecule has 2 aliphatic rings. The van der Waals surface area contributed by atoms with Crippen LogP contribution in [-0.4, -0.2) is 74.2 Å². The number of hydrogen-bond acceptors (Lipinski definition) is 7. The molecular formula is C15H20F4N4O5S. The summed E-state index contributed by atoms with van der Waals surface area (Å²) in [5, 5.41) is 7.12. The molecule has 0 bridgehead atoms. The third kappa shape index (κ3) is 7.04. The monoisotopic (exact) mass is 444 g/mol. The van der Waals surface area contributed by atoms with Gasteiger partial charge in [0.2, 0.25) is 16.0 Å². The second-order valence-corrected chi connectivity index (χ2v) is 8.49. The van der Waals surface area contributed by atoms with Gasteiger partial charge in [-0.05, 0) is 12.3 Å². The summed E-state index contributed by atoms with van der Waals surface area (Å²) in [6.07, 6.45) is -0.817. The molecule has 3 atom stereocenters. The van der Waals surface area contributed by atoms with E-state index < -0.39 is 28.0 Å². The molecule has 2 fully saturated rings. The SMILES string of the molecule is CS(=O)(=O)NC[C@H]1OC[C@H]2CN(c3ncc(F)cn3)CC[C@H]21.O=C(O)C(F)(F)F. The molecule has 1 aromatic rings. The number of ether oxygens (including phenoxy) is 1. The van der Waals surface area contributed by atoms with Gasteiger partial charge in [-0.15, -0.1) is 0 Å². The van der Waals surface area contributed by atoms with Crippen molar-refractivity contribution in [2.45, 2.75) is 18.7 Å². The van der Waals surface area contributed by atoms with E-state index in [0.717, 1.165) is 25.8 Å². The average molecular weight is 444 g/mol. The lowest BCUT2D eigenvalue weighted by Gasteiger charge is -2.35. The zero-order valence-electron chi connectivity index (χ0n) is 15.3. The topological polar surface area (TPSA) is 122 Å². The van der Waals surface area contributed by atoms with Crippen molar-refractivity contribution in [2.75, 3.05) is 37.4 Å². The van der Waals surface area contributed by atoms with Crippen LogP contribution in [0.4, 0.5) is 23.5 Å². The van der Waals surface area contributed by atoms with Crippen LogP contribution in [0, 0.1) is 17.7 Å². The van der Waals surface area contributed by atoms with Gasteiger partial charge in [0.05, 0.1) is 31.4 Å². The number of aromatic nitrogens is 2. The first-order chi connectivity index (χ1) is 13.4. The van der Waals surface area contributed by atoms with Gasteiger partial charge in [-0.3, -0.25) is 0 Å². The van der Waals surface area contributed by atoms with Gasteiger partial charge in [-0.2, -0.15) is 13.2 Å². The molecule has 29 heavy (non-hydrogen) atoms. The van der Waals surface area contributed by atoms with Crippen molar-refractivity contribution in [1.29, 1.82) is 0 Å². The number of nitrogens with one attached hydrogen (secondary N) is 1. The van der Waals surface area contributed by atoms with Crippen LogP contribution in [-0.2, 0) is 19.6 Å². The Kier molecular flexibility index (Phi) is 7.35. The molecule has 0 amide bonds. The average Bonchev–Trinajstić information content (AvgIpc) is 3.02. The number of aliphatic carboxylic acids is 1. The van der Waals surface area contributed by atoms with Crippen LogP contribution in [0.15, 0.2) is 12.4 Å². The lowest BCUT2D eigenvalue weighted by atomic mass is 9.84. The molecule has 0 unspecified atom stereocenters. The molecule has 9 nitrogen and oxygen atoms in total. The van der Waals surface area contributed by atoms with Crippen molar-refractivity contribution in [3.05, 3.63) is 18.2 Å². The lowest BCUT2D eigenvalue weighted by Crippen LogP contribution is -2.44. The van der Waals surface area contributed by atoms with Crippen LogP contribution in [0.3, 0.4) is 0 Å². The van der Waals surface area contributed by atoms with E-state index >= 15 is 0 Å². The summed E-state index contributed by atoms with van der Waals surface area (Å²) in [7, 11) is -3.20. The summed E-state index contributed by atoms with van der Waals surface area (Å²) in [6, 6.07) is 0. The maximum atomic E-state index is 12.9. The number of piperidine rings is 1. The highest BCUT2D eigenvalue weighted by Gasteiger charge is 2.41. The Morgan fingerprint density at radius 3 is 2.48 bits per heavy atom. The zero-order chi connectivity index (χ0) is 21.8. The number of alkyl halides is 3. The maximum Gasteiger partial charge on any atom is 0.490 e. The summed E-state index contributed by atoms with van der Waals surface area (Å²) in [4.78, 5) is 18.9. The Labute approximate surface area is 164 Å². The van der Waals surface area contributed by atoms with Crippen molar-refractivity contribution < 1.29 is 40.6 Å². The van der Waals surface area contributed by atoms with Gasteiger partial charge in [-0.1, -0.05) is 0 Å². The number of nitrogens with zero attached hydrogens (tertiary/aromatic N) is 3. The molecule has 0 aliphatic carbocycles. The molecule has 0 spiro atoms. The maximum absolute atomic E-state index is 12.9. The van der Waals surface area contributed by atoms with Gasteiger partial charge in [0.15, 0.2) is 5.82 Å². The molecule has 3 heterocycles. The number of sulfonamides is 1. The van der Waals surface area contributed by atoms with Crippen molar-refractivity contribution in [2.24, 2.45) is 11.8 Å². The predicted octanol–water partition coefficient (Wildman–Crippen LogP) is 0.639. The van der Waals surface area contributed by atoms with E-state index in [9.17, 15) is 26.0 Å². The van der Waals surface area contributed by atoms with Crippen molar-refractivity contribution in [3.8, 4) is 0 Å². The van der Waals surface area contributed by atoms with Crippen molar-refractivity contribution in [3.63, 3.8) is 0 Å². The van der Waals surface area contributed by atoms with E-state index in [-0.39, 0.29) is 6.10 Å². The molecule has 0 radical (unpaired) electrons. The van der Waals surface area contributed by atoms with Crippen LogP contribution in [0.5, 0.6) is 0 Å². The Morgan fingerprint density at radius 2 is 1.97 bits per heavy atom. The van der Waals surface area contributed by atoms with E-state index in [2.05, 4.69) is 14.7 Å². The minimum Gasteiger partial charge on any atom is -0.475 e. The fraction of sp³-hybridized carbons (Fsp3) is 0.667. The summed E-state index contributed by atoms with van der Waals surface area (Å²) >= 11 is 0. The van der Waals surface area contributed by atoms with E-state index in [1.807, 2.05) is 4.90 Å². The minimum atomic E-state index is -5.08. The van der Waals surface area contributed by atoms with Gasteiger partial charge in [0, 0.05) is 25.6 Å². The fourth-order valence-electron chi connectivity index (χ4n) is 3.18. The summed E-state index contributed by atoms with van der Waals surface area (Å²) in [5.41, 5.74) is 0. The van der Waals surface area contributed by atoms with Crippen molar-refractivity contribution in [1.82, 2.24) is 14.7 Å². The van der Waals surface area contributed by atoms with E-state index in [0.29, 0.717) is 30.9 Å². The van der Waals surface area contributed by atoms with Crippen molar-refractivity contribution >= 4 is 21.9 Å². The van der Waals surface area contributed by atoms with Gasteiger partial charge in [0.1, 0.15) is 0 Å². The molecule has 2 aliphatic heterocycles. The first kappa shape index (κ1) is 23.2. The Balaban J connectivity index is 0.000000370. The minimum absolute atomic E-state index is 0.0870. The van der Waals surface area contributed by atoms with Gasteiger partial charge < -0.3 is 14.7 Å². The Hall–Kier alpha value is -2.06. The number of rotatable bonds is 4. The Morgan fingerprint density at radius 1 is 1.38 bits per heavy atom. The molecule has 2 saturated heterocycles. The first-order valence-corrected chi connectivity index (χ1v) is 10.3. The molecule has 3 rings (SSSR count). The summed E-state index contributed by atoms with van der Waals surface area (Å²) < 4.78 is 75.3. The molecule has 1 aromatic heterocycles. The van der Waals surface area contributed by atoms with Gasteiger partial charge >= 0.3 is 12.1 Å². The fourth-order valence-corrected chi connectivity index (χ4v) is 3.65. The molecule has 0 aromatic carbocycles. The molecule has 14 heteroatoms. The number of halogens is 4. The number of carboxylic acids is 1. The summed E-state index contributed by atoms with van der Waals surface area (Å²) in [6.45, 7) is 2.41. The smallest absolute Gasteiger partial charge is 0.475 e. The van der Waals surface area contributed by atoms with E-state index in [4.69, 9.17) is 14.6 Å². The Bertz CT molecular complexity index is 806. The van der Waals surface area contributed by atoms with Crippen LogP contribution >= 0.6 is 0 Å². The van der Waals surface area contributed by atoms with Gasteiger partial charge in [-0.25, -0.2) is 32.3 Å².